The Morgan fingerprint density at radius 2 is 2.27 bits per heavy atom. The summed E-state index contributed by atoms with van der Waals surface area (Å²) < 4.78 is 0.643. The van der Waals surface area contributed by atoms with Gasteiger partial charge in [-0.25, -0.2) is 0 Å². The van der Waals surface area contributed by atoms with Crippen molar-refractivity contribution in [3.8, 4) is 0 Å². The van der Waals surface area contributed by atoms with Gasteiger partial charge >= 0.3 is 0 Å². The normalized spacial score (nSPS) is 9.87. The van der Waals surface area contributed by atoms with Gasteiger partial charge in [-0.05, 0) is 23.6 Å². The molecule has 0 aromatic carbocycles. The van der Waals surface area contributed by atoms with E-state index in [0.29, 0.717) is 15.2 Å². The van der Waals surface area contributed by atoms with Gasteiger partial charge in [-0.3, -0.25) is 4.79 Å². The monoisotopic (exact) mass is 236 g/mol. The fraction of sp³-hybridized carbons (Fsp3) is 0. The first kappa shape index (κ1) is 10.1. The van der Waals surface area contributed by atoms with Crippen LogP contribution in [-0.4, -0.2) is 10.9 Å². The zero-order valence-electron chi connectivity index (χ0n) is 7.69. The van der Waals surface area contributed by atoms with E-state index in [2.05, 4.69) is 10.3 Å². The molecule has 0 radical (unpaired) electrons. The van der Waals surface area contributed by atoms with Crippen LogP contribution in [0.2, 0.25) is 0 Å². The van der Waals surface area contributed by atoms with Crippen molar-refractivity contribution in [1.82, 2.24) is 4.98 Å². The summed E-state index contributed by atoms with van der Waals surface area (Å²) in [6, 6.07) is 7.13. The van der Waals surface area contributed by atoms with Crippen molar-refractivity contribution >= 4 is 35.1 Å². The molecular weight excluding hydrogens is 228 g/mol. The molecular formula is C10H8N2OS2. The first-order chi connectivity index (χ1) is 7.25. The summed E-state index contributed by atoms with van der Waals surface area (Å²) in [6.45, 7) is 0. The van der Waals surface area contributed by atoms with Crippen LogP contribution in [0.5, 0.6) is 0 Å². The van der Waals surface area contributed by atoms with Crippen LogP contribution in [0.25, 0.3) is 0 Å². The Morgan fingerprint density at radius 3 is 2.87 bits per heavy atom. The number of H-pyrrole nitrogens is 1. The maximum atomic E-state index is 11.6. The molecule has 0 fully saturated rings. The Labute approximate surface area is 95.8 Å². The van der Waals surface area contributed by atoms with Gasteiger partial charge in [-0.1, -0.05) is 18.3 Å². The van der Waals surface area contributed by atoms with Gasteiger partial charge in [0.25, 0.3) is 5.91 Å². The van der Waals surface area contributed by atoms with Crippen LogP contribution in [0.15, 0.2) is 35.8 Å². The molecule has 3 nitrogen and oxygen atoms in total. The van der Waals surface area contributed by atoms with Crippen molar-refractivity contribution in [1.29, 1.82) is 0 Å². The number of hydrogen-bond donors (Lipinski definition) is 2. The fourth-order valence-corrected chi connectivity index (χ4v) is 1.83. The number of hydrogen-bond acceptors (Lipinski definition) is 3. The van der Waals surface area contributed by atoms with Crippen molar-refractivity contribution in [3.63, 3.8) is 0 Å². The van der Waals surface area contributed by atoms with Crippen molar-refractivity contribution in [2.75, 3.05) is 5.32 Å². The maximum absolute atomic E-state index is 11.6. The number of carbonyl (C=O) groups is 1. The lowest BCUT2D eigenvalue weighted by atomic mass is 10.4. The van der Waals surface area contributed by atoms with Crippen LogP contribution in [0.4, 0.5) is 5.69 Å². The van der Waals surface area contributed by atoms with Crippen molar-refractivity contribution in [2.24, 2.45) is 0 Å². The minimum Gasteiger partial charge on any atom is -0.351 e. The van der Waals surface area contributed by atoms with Crippen LogP contribution >= 0.6 is 23.6 Å². The predicted octanol–water partition coefficient (Wildman–Crippen LogP) is 3.06. The first-order valence-corrected chi connectivity index (χ1v) is 5.58. The number of thiophene rings is 1. The van der Waals surface area contributed by atoms with Crippen LogP contribution < -0.4 is 5.32 Å². The fourth-order valence-electron chi connectivity index (χ4n) is 1.09. The maximum Gasteiger partial charge on any atom is 0.265 e. The van der Waals surface area contributed by atoms with Gasteiger partial charge in [-0.2, -0.15) is 0 Å². The summed E-state index contributed by atoms with van der Waals surface area (Å²) >= 11 is 6.31. The molecule has 2 aromatic heterocycles. The Hall–Kier alpha value is -1.46. The van der Waals surface area contributed by atoms with Gasteiger partial charge < -0.3 is 10.3 Å². The summed E-state index contributed by atoms with van der Waals surface area (Å²) in [5.74, 6) is -0.101. The molecule has 0 aliphatic heterocycles. The molecule has 2 N–H and O–H groups in total. The predicted molar refractivity (Wildman–Crippen MR) is 63.9 cm³/mol. The number of aromatic amines is 1. The second-order valence-electron chi connectivity index (χ2n) is 2.87. The van der Waals surface area contributed by atoms with Crippen molar-refractivity contribution in [3.05, 3.63) is 45.4 Å². The molecule has 0 saturated carbocycles. The van der Waals surface area contributed by atoms with Gasteiger partial charge in [0.15, 0.2) is 0 Å². The van der Waals surface area contributed by atoms with Crippen molar-refractivity contribution < 1.29 is 4.79 Å². The minimum atomic E-state index is -0.101. The third-order valence-corrected chi connectivity index (χ3v) is 2.91. The van der Waals surface area contributed by atoms with E-state index in [0.717, 1.165) is 0 Å². The van der Waals surface area contributed by atoms with E-state index in [1.807, 2.05) is 11.4 Å². The zero-order chi connectivity index (χ0) is 10.7. The van der Waals surface area contributed by atoms with Gasteiger partial charge in [-0.15, -0.1) is 11.3 Å². The molecule has 5 heteroatoms. The summed E-state index contributed by atoms with van der Waals surface area (Å²) in [5.41, 5.74) is 0.710. The highest BCUT2D eigenvalue weighted by atomic mass is 32.1. The number of anilines is 1. The molecule has 2 aromatic rings. The molecule has 0 atom stereocenters. The van der Waals surface area contributed by atoms with Gasteiger partial charge in [0.1, 0.15) is 4.64 Å². The second kappa shape index (κ2) is 4.37. The third kappa shape index (κ3) is 2.51. The molecule has 0 spiro atoms. The van der Waals surface area contributed by atoms with E-state index in [4.69, 9.17) is 12.2 Å². The van der Waals surface area contributed by atoms with Crippen LogP contribution in [-0.2, 0) is 0 Å². The second-order valence-corrected chi connectivity index (χ2v) is 4.26. The van der Waals surface area contributed by atoms with Crippen LogP contribution in [0.1, 0.15) is 9.67 Å². The Balaban J connectivity index is 2.13. The lowest BCUT2D eigenvalue weighted by Crippen LogP contribution is -2.09. The smallest absolute Gasteiger partial charge is 0.265 e. The highest BCUT2D eigenvalue weighted by Crippen LogP contribution is 2.12. The SMILES string of the molecule is O=C(Nc1ccc(=S)[nH]c1)c1cccs1. The molecule has 2 heterocycles. The van der Waals surface area contributed by atoms with Gasteiger partial charge in [0.2, 0.25) is 0 Å². The quantitative estimate of drug-likeness (QED) is 0.787. The molecule has 76 valence electrons. The molecule has 0 saturated heterocycles. The molecule has 0 aliphatic rings. The number of amides is 1. The van der Waals surface area contributed by atoms with E-state index >= 15 is 0 Å². The Morgan fingerprint density at radius 1 is 1.40 bits per heavy atom. The highest BCUT2D eigenvalue weighted by molar-refractivity contribution is 7.71. The molecule has 0 unspecified atom stereocenters. The lowest BCUT2D eigenvalue weighted by molar-refractivity contribution is 0.103. The Bertz CT molecular complexity index is 496. The van der Waals surface area contributed by atoms with Crippen LogP contribution in [0.3, 0.4) is 0 Å². The molecule has 2 rings (SSSR count). The third-order valence-electron chi connectivity index (χ3n) is 1.79. The number of nitrogens with one attached hydrogen (secondary N) is 2. The number of carbonyl (C=O) groups excluding carboxylic acids is 1. The highest BCUT2D eigenvalue weighted by Gasteiger charge is 2.05. The van der Waals surface area contributed by atoms with Gasteiger partial charge in [0, 0.05) is 6.20 Å². The summed E-state index contributed by atoms with van der Waals surface area (Å²) in [6.07, 6.45) is 1.67. The lowest BCUT2D eigenvalue weighted by Gasteiger charge is -2.02. The largest absolute Gasteiger partial charge is 0.351 e. The number of rotatable bonds is 2. The average molecular weight is 236 g/mol. The molecule has 0 bridgehead atoms. The number of pyridine rings is 1. The topological polar surface area (TPSA) is 44.9 Å². The van der Waals surface area contributed by atoms with Gasteiger partial charge in [0.05, 0.1) is 10.6 Å². The van der Waals surface area contributed by atoms with E-state index in [9.17, 15) is 4.79 Å². The first-order valence-electron chi connectivity index (χ1n) is 4.29. The average Bonchev–Trinajstić information content (AvgIpc) is 2.74. The standard InChI is InChI=1S/C10H8N2OS2/c13-10(8-2-1-5-15-8)12-7-3-4-9(14)11-6-7/h1-6H,(H,11,14)(H,12,13). The van der Waals surface area contributed by atoms with E-state index < -0.39 is 0 Å². The zero-order valence-corrected chi connectivity index (χ0v) is 9.32. The van der Waals surface area contributed by atoms with E-state index in [-0.39, 0.29) is 5.91 Å². The molecule has 0 aliphatic carbocycles. The summed E-state index contributed by atoms with van der Waals surface area (Å²) in [4.78, 5) is 15.2. The van der Waals surface area contributed by atoms with Crippen LogP contribution in [0, 0.1) is 4.64 Å². The van der Waals surface area contributed by atoms with Crippen molar-refractivity contribution in [2.45, 2.75) is 0 Å². The van der Waals surface area contributed by atoms with E-state index in [1.165, 1.54) is 11.3 Å². The number of aromatic nitrogens is 1. The van der Waals surface area contributed by atoms with E-state index in [1.54, 1.807) is 24.4 Å². The minimum absolute atomic E-state index is 0.101. The summed E-state index contributed by atoms with van der Waals surface area (Å²) in [7, 11) is 0. The molecule has 1 amide bonds. The summed E-state index contributed by atoms with van der Waals surface area (Å²) in [5, 5.41) is 4.63. The molecule has 15 heavy (non-hydrogen) atoms. The Kier molecular flexibility index (Phi) is 2.94.